The van der Waals surface area contributed by atoms with Crippen LogP contribution >= 0.6 is 35.0 Å². The third-order valence-electron chi connectivity index (χ3n) is 10.0. The third kappa shape index (κ3) is 5.16. The van der Waals surface area contributed by atoms with Crippen LogP contribution in [-0.2, 0) is 15.1 Å². The Kier molecular flexibility index (Phi) is 7.74. The van der Waals surface area contributed by atoms with E-state index in [1.54, 1.807) is 23.2 Å². The van der Waals surface area contributed by atoms with Gasteiger partial charge in [0.1, 0.15) is 27.5 Å². The molecule has 3 fully saturated rings. The second kappa shape index (κ2) is 11.2. The van der Waals surface area contributed by atoms with E-state index in [0.29, 0.717) is 40.3 Å². The molecule has 238 valence electrons. The van der Waals surface area contributed by atoms with Crippen LogP contribution in [0.4, 0.5) is 4.39 Å². The van der Waals surface area contributed by atoms with E-state index in [1.807, 2.05) is 24.0 Å². The lowest BCUT2D eigenvalue weighted by Gasteiger charge is -2.41. The number of hydrogen-bond donors (Lipinski definition) is 1. The Morgan fingerprint density at radius 2 is 1.93 bits per heavy atom. The maximum Gasteiger partial charge on any atom is 0.263 e. The molecule has 12 heteroatoms. The normalized spacial score (nSPS) is 28.8. The van der Waals surface area contributed by atoms with E-state index < -0.39 is 23.4 Å². The van der Waals surface area contributed by atoms with Crippen molar-refractivity contribution in [3.8, 4) is 0 Å². The van der Waals surface area contributed by atoms with E-state index in [4.69, 9.17) is 28.2 Å². The summed E-state index contributed by atoms with van der Waals surface area (Å²) in [7, 11) is 0. The highest BCUT2D eigenvalue weighted by Crippen LogP contribution is 2.56. The molecular formula is C33H37Cl2FN6O2S. The zero-order chi connectivity index (χ0) is 31.8. The second-order valence-corrected chi connectivity index (χ2v) is 15.2. The number of aromatic nitrogens is 1. The SMILES string of the molecule is CC(C)C1=C(C(=O)N2CCC[C@H]2C(=O)N2CC3(CC3)NC[C@@H]2C)SC2=N[C@@](C)(c3ccc(Cl)nc3)[C@@H](c3ccc(Cl)c(F)c3)N21. The van der Waals surface area contributed by atoms with Crippen LogP contribution < -0.4 is 5.32 Å². The number of hydrogen-bond acceptors (Lipinski definition) is 7. The smallest absolute Gasteiger partial charge is 0.263 e. The molecule has 2 amide bonds. The van der Waals surface area contributed by atoms with Crippen LogP contribution in [0.1, 0.15) is 70.5 Å². The van der Waals surface area contributed by atoms with Gasteiger partial charge in [0.15, 0.2) is 5.17 Å². The molecular weight excluding hydrogens is 634 g/mol. The lowest BCUT2D eigenvalue weighted by atomic mass is 9.81. The van der Waals surface area contributed by atoms with Crippen molar-refractivity contribution >= 4 is 51.9 Å². The standard InChI is InChI=1S/C33H37Cl2FN6O2S/c1-18(2)26-27(30(44)40-13-5-6-24(40)29(43)41-17-33(11-12-33)38-15-19(41)3)45-31-39-32(4,21-8-10-25(35)37-16-21)28(42(26)31)20-7-9-22(34)23(36)14-20/h7-10,14,16,18-19,24,28,38H,5-6,11-13,15,17H2,1-4H3/t19-,24-,28+,32-/m0/s1. The van der Waals surface area contributed by atoms with E-state index >= 15 is 0 Å². The minimum absolute atomic E-state index is 0.0372. The first-order valence-corrected chi connectivity index (χ1v) is 17.2. The molecule has 1 aromatic heterocycles. The van der Waals surface area contributed by atoms with Gasteiger partial charge in [-0.3, -0.25) is 9.59 Å². The number of amides is 2. The average Bonchev–Trinajstić information content (AvgIpc) is 3.30. The fourth-order valence-corrected chi connectivity index (χ4v) is 8.96. The Morgan fingerprint density at radius 3 is 2.60 bits per heavy atom. The first-order chi connectivity index (χ1) is 21.4. The Balaban J connectivity index is 1.25. The average molecular weight is 672 g/mol. The van der Waals surface area contributed by atoms with Crippen LogP contribution in [0, 0.1) is 11.7 Å². The molecule has 45 heavy (non-hydrogen) atoms. The predicted octanol–water partition coefficient (Wildman–Crippen LogP) is 6.11. The first-order valence-electron chi connectivity index (χ1n) is 15.7. The number of thioether (sulfide) groups is 1. The molecule has 1 saturated carbocycles. The van der Waals surface area contributed by atoms with Gasteiger partial charge in [0.05, 0.1) is 11.1 Å². The Bertz CT molecular complexity index is 1630. The first kappa shape index (κ1) is 31.0. The quantitative estimate of drug-likeness (QED) is 0.387. The molecule has 0 bridgehead atoms. The van der Waals surface area contributed by atoms with Gasteiger partial charge in [-0.15, -0.1) is 0 Å². The van der Waals surface area contributed by atoms with Crippen molar-refractivity contribution in [3.63, 3.8) is 0 Å². The maximum absolute atomic E-state index is 15.0. The molecule has 4 aliphatic heterocycles. The molecule has 1 aromatic carbocycles. The van der Waals surface area contributed by atoms with Gasteiger partial charge < -0.3 is 20.0 Å². The second-order valence-electron chi connectivity index (χ2n) is 13.5. The number of benzene rings is 1. The van der Waals surface area contributed by atoms with Gasteiger partial charge in [-0.2, -0.15) is 0 Å². The zero-order valence-electron chi connectivity index (χ0n) is 25.8. The number of carbonyl (C=O) groups excluding carboxylic acids is 2. The van der Waals surface area contributed by atoms with Crippen LogP contribution in [0.25, 0.3) is 0 Å². The number of rotatable bonds is 5. The molecule has 1 aliphatic carbocycles. The summed E-state index contributed by atoms with van der Waals surface area (Å²) in [5.41, 5.74) is 1.50. The number of carbonyl (C=O) groups is 2. The molecule has 5 heterocycles. The van der Waals surface area contributed by atoms with Crippen LogP contribution in [0.3, 0.4) is 0 Å². The number of amidine groups is 1. The minimum atomic E-state index is -0.863. The molecule has 0 unspecified atom stereocenters. The molecule has 1 spiro atoms. The van der Waals surface area contributed by atoms with Gasteiger partial charge >= 0.3 is 0 Å². The maximum atomic E-state index is 15.0. The fraction of sp³-hybridized carbons (Fsp3) is 0.515. The number of halogens is 3. The summed E-state index contributed by atoms with van der Waals surface area (Å²) in [6.45, 7) is 10.2. The molecule has 5 aliphatic rings. The summed E-state index contributed by atoms with van der Waals surface area (Å²) in [4.78, 5) is 44.5. The number of fused-ring (bicyclic) bond motifs is 1. The van der Waals surface area contributed by atoms with Crippen LogP contribution in [0.2, 0.25) is 10.2 Å². The van der Waals surface area contributed by atoms with E-state index in [-0.39, 0.29) is 34.3 Å². The topological polar surface area (TPSA) is 81.1 Å². The largest absolute Gasteiger partial charge is 0.335 e. The van der Waals surface area contributed by atoms with Crippen molar-refractivity contribution in [2.45, 2.75) is 82.6 Å². The third-order valence-corrected chi connectivity index (χ3v) is 11.6. The number of pyridine rings is 1. The zero-order valence-corrected chi connectivity index (χ0v) is 28.1. The summed E-state index contributed by atoms with van der Waals surface area (Å²) in [5.74, 6) is -0.678. The van der Waals surface area contributed by atoms with Gasteiger partial charge in [-0.05, 0) is 81.0 Å². The van der Waals surface area contributed by atoms with E-state index in [2.05, 4.69) is 36.0 Å². The van der Waals surface area contributed by atoms with E-state index in [0.717, 1.165) is 37.1 Å². The molecule has 8 nitrogen and oxygen atoms in total. The van der Waals surface area contributed by atoms with Crippen LogP contribution in [-0.4, -0.2) is 73.9 Å². The monoisotopic (exact) mass is 670 g/mol. The molecule has 1 N–H and O–H groups in total. The van der Waals surface area contributed by atoms with Gasteiger partial charge in [-0.25, -0.2) is 14.4 Å². The van der Waals surface area contributed by atoms with Crippen molar-refractivity contribution in [1.82, 2.24) is 25.0 Å². The summed E-state index contributed by atoms with van der Waals surface area (Å²) in [6, 6.07) is 7.54. The van der Waals surface area contributed by atoms with Gasteiger partial charge in [0.2, 0.25) is 5.91 Å². The van der Waals surface area contributed by atoms with Gasteiger partial charge in [0.25, 0.3) is 5.91 Å². The number of aliphatic imine (C=N–C) groups is 1. The van der Waals surface area contributed by atoms with E-state index in [1.165, 1.54) is 17.8 Å². The molecule has 2 aromatic rings. The Morgan fingerprint density at radius 1 is 1.16 bits per heavy atom. The minimum Gasteiger partial charge on any atom is -0.335 e. The fourth-order valence-electron chi connectivity index (χ4n) is 7.37. The number of nitrogens with zero attached hydrogens (tertiary/aromatic N) is 5. The van der Waals surface area contributed by atoms with Gasteiger partial charge in [-0.1, -0.05) is 49.2 Å². The van der Waals surface area contributed by atoms with Crippen LogP contribution in [0.5, 0.6) is 0 Å². The number of likely N-dealkylation sites (tertiary alicyclic amines) is 1. The van der Waals surface area contributed by atoms with E-state index in [9.17, 15) is 14.0 Å². The highest BCUT2D eigenvalue weighted by atomic mass is 35.5. The van der Waals surface area contributed by atoms with Crippen molar-refractivity contribution < 1.29 is 14.0 Å². The molecule has 0 radical (unpaired) electrons. The highest BCUT2D eigenvalue weighted by molar-refractivity contribution is 8.18. The lowest BCUT2D eigenvalue weighted by molar-refractivity contribution is -0.144. The van der Waals surface area contributed by atoms with Crippen molar-refractivity contribution in [2.24, 2.45) is 10.9 Å². The molecule has 7 rings (SSSR count). The summed E-state index contributed by atoms with van der Waals surface area (Å²) in [5, 5.41) is 4.68. The summed E-state index contributed by atoms with van der Waals surface area (Å²) in [6.07, 6.45) is 5.30. The van der Waals surface area contributed by atoms with Gasteiger partial charge in [0, 0.05) is 48.7 Å². The molecule has 2 saturated heterocycles. The van der Waals surface area contributed by atoms with Crippen molar-refractivity contribution in [1.29, 1.82) is 0 Å². The Labute approximate surface area is 277 Å². The Hall–Kier alpha value is -2.66. The predicted molar refractivity (Wildman–Crippen MR) is 175 cm³/mol. The number of nitrogens with one attached hydrogen (secondary N) is 1. The number of piperazine rings is 1. The molecule has 4 atom stereocenters. The summed E-state index contributed by atoms with van der Waals surface area (Å²) < 4.78 is 15.0. The highest BCUT2D eigenvalue weighted by Gasteiger charge is 2.55. The lowest BCUT2D eigenvalue weighted by Crippen LogP contribution is -2.61. The van der Waals surface area contributed by atoms with Crippen LogP contribution in [0.15, 0.2) is 52.1 Å². The van der Waals surface area contributed by atoms with Crippen molar-refractivity contribution in [2.75, 3.05) is 19.6 Å². The van der Waals surface area contributed by atoms with Crippen molar-refractivity contribution in [3.05, 3.63) is 74.3 Å². The summed E-state index contributed by atoms with van der Waals surface area (Å²) >= 11 is 13.6. The number of allylic oxidation sites excluding steroid dienone is 1.